The molecular weight excluding hydrogens is 476 g/mol. The fourth-order valence-corrected chi connectivity index (χ4v) is 5.80. The Kier molecular flexibility index (Phi) is 7.88. The minimum atomic E-state index is -0.437. The highest BCUT2D eigenvalue weighted by molar-refractivity contribution is 8.14. The Morgan fingerprint density at radius 3 is 2.76 bits per heavy atom. The van der Waals surface area contributed by atoms with Crippen molar-refractivity contribution in [2.75, 3.05) is 17.6 Å². The first-order valence-corrected chi connectivity index (χ1v) is 13.1. The van der Waals surface area contributed by atoms with Gasteiger partial charge in [-0.15, -0.1) is 0 Å². The van der Waals surface area contributed by atoms with E-state index < -0.39 is 6.29 Å². The Morgan fingerprint density at radius 2 is 2.00 bits per heavy atom. The molecule has 9 nitrogen and oxygen atoms in total. The van der Waals surface area contributed by atoms with Gasteiger partial charge in [-0.1, -0.05) is 48.3 Å². The van der Waals surface area contributed by atoms with Gasteiger partial charge in [-0.2, -0.15) is 5.10 Å². The average Bonchev–Trinajstić information content (AvgIpc) is 3.23. The summed E-state index contributed by atoms with van der Waals surface area (Å²) in [5, 5.41) is 11.4. The van der Waals surface area contributed by atoms with E-state index in [-0.39, 0.29) is 47.9 Å². The predicted molar refractivity (Wildman–Crippen MR) is 134 cm³/mol. The number of benzene rings is 1. The Labute approximate surface area is 209 Å². The normalized spacial score (nSPS) is 23.7. The molecule has 0 spiro atoms. The molecule has 0 aromatic heterocycles. The average molecular weight is 507 g/mol. The van der Waals surface area contributed by atoms with Crippen molar-refractivity contribution in [2.24, 2.45) is 11.0 Å². The van der Waals surface area contributed by atoms with Crippen LogP contribution in [0.15, 0.2) is 29.4 Å². The van der Waals surface area contributed by atoms with Crippen LogP contribution in [-0.2, 0) is 14.4 Å². The minimum Gasteiger partial charge on any atom is -0.354 e. The van der Waals surface area contributed by atoms with Crippen molar-refractivity contribution in [1.82, 2.24) is 20.5 Å². The van der Waals surface area contributed by atoms with Crippen molar-refractivity contribution in [3.63, 3.8) is 0 Å². The molecular formula is C23H31ClN6O3S. The Balaban J connectivity index is 1.42. The third-order valence-corrected chi connectivity index (χ3v) is 7.55. The number of hydrogen-bond acceptors (Lipinski definition) is 7. The van der Waals surface area contributed by atoms with Gasteiger partial charge in [0.05, 0.1) is 22.4 Å². The van der Waals surface area contributed by atoms with Gasteiger partial charge in [-0.05, 0) is 38.8 Å². The summed E-state index contributed by atoms with van der Waals surface area (Å²) in [5.41, 5.74) is 3.65. The van der Waals surface area contributed by atoms with E-state index in [1.165, 1.54) is 11.8 Å². The van der Waals surface area contributed by atoms with Crippen LogP contribution in [0.5, 0.6) is 0 Å². The number of hydrogen-bond donors (Lipinski definition) is 3. The maximum absolute atomic E-state index is 13.3. The highest BCUT2D eigenvalue weighted by Crippen LogP contribution is 2.38. The van der Waals surface area contributed by atoms with Crippen LogP contribution < -0.4 is 16.1 Å². The number of anilines is 1. The fraction of sp³-hybridized carbons (Fsp3) is 0.565. The van der Waals surface area contributed by atoms with E-state index in [4.69, 9.17) is 11.6 Å². The lowest BCUT2D eigenvalue weighted by Crippen LogP contribution is -2.67. The summed E-state index contributed by atoms with van der Waals surface area (Å²) in [7, 11) is 0. The van der Waals surface area contributed by atoms with Crippen molar-refractivity contribution in [1.29, 1.82) is 0 Å². The van der Waals surface area contributed by atoms with E-state index in [2.05, 4.69) is 26.1 Å². The molecule has 0 bridgehead atoms. The van der Waals surface area contributed by atoms with Crippen molar-refractivity contribution >= 4 is 51.9 Å². The van der Waals surface area contributed by atoms with E-state index in [1.54, 1.807) is 17.0 Å². The summed E-state index contributed by atoms with van der Waals surface area (Å²) >= 11 is 7.48. The first kappa shape index (κ1) is 24.7. The monoisotopic (exact) mass is 506 g/mol. The molecule has 2 aliphatic heterocycles. The molecule has 1 aliphatic carbocycles. The topological polar surface area (TPSA) is 106 Å². The van der Waals surface area contributed by atoms with Gasteiger partial charge in [-0.3, -0.25) is 19.8 Å². The van der Waals surface area contributed by atoms with Crippen LogP contribution >= 0.6 is 23.4 Å². The van der Waals surface area contributed by atoms with Crippen molar-refractivity contribution in [3.8, 4) is 0 Å². The fourth-order valence-electron chi connectivity index (χ4n) is 4.78. The molecule has 2 fully saturated rings. The number of para-hydroxylation sites is 1. The highest BCUT2D eigenvalue weighted by Gasteiger charge is 2.50. The number of rotatable bonds is 7. The Hall–Kier alpha value is -2.46. The second-order valence-corrected chi connectivity index (χ2v) is 10.4. The molecule has 1 saturated heterocycles. The number of amides is 3. The van der Waals surface area contributed by atoms with Crippen LogP contribution in [-0.4, -0.2) is 63.4 Å². The molecule has 1 aromatic rings. The first-order chi connectivity index (χ1) is 16.3. The largest absolute Gasteiger partial charge is 0.354 e. The van der Waals surface area contributed by atoms with Gasteiger partial charge in [0.25, 0.3) is 0 Å². The number of amidine groups is 1. The van der Waals surface area contributed by atoms with E-state index >= 15 is 0 Å². The number of thioether (sulfide) groups is 1. The Morgan fingerprint density at radius 1 is 1.24 bits per heavy atom. The summed E-state index contributed by atoms with van der Waals surface area (Å²) < 4.78 is 0. The van der Waals surface area contributed by atoms with Crippen molar-refractivity contribution in [2.45, 2.75) is 64.3 Å². The maximum Gasteiger partial charge on any atom is 0.234 e. The van der Waals surface area contributed by atoms with E-state index in [9.17, 15) is 14.4 Å². The summed E-state index contributed by atoms with van der Waals surface area (Å²) in [6.07, 6.45) is 3.59. The number of nitrogens with zero attached hydrogens (tertiary/aromatic N) is 3. The third-order valence-electron chi connectivity index (χ3n) is 6.25. The van der Waals surface area contributed by atoms with Gasteiger partial charge in [0.1, 0.15) is 0 Å². The van der Waals surface area contributed by atoms with Crippen LogP contribution in [0.4, 0.5) is 5.69 Å². The number of carbonyl (C=O) groups excluding carboxylic acids is 3. The van der Waals surface area contributed by atoms with Crippen LogP contribution in [0, 0.1) is 5.92 Å². The predicted octanol–water partition coefficient (Wildman–Crippen LogP) is 2.79. The van der Waals surface area contributed by atoms with Crippen LogP contribution in [0.3, 0.4) is 0 Å². The second-order valence-electron chi connectivity index (χ2n) is 9.08. The maximum atomic E-state index is 13.3. The zero-order chi connectivity index (χ0) is 24.2. The zero-order valence-corrected chi connectivity index (χ0v) is 21.0. The smallest absolute Gasteiger partial charge is 0.234 e. The molecule has 1 saturated carbocycles. The van der Waals surface area contributed by atoms with Crippen molar-refractivity contribution in [3.05, 3.63) is 29.3 Å². The summed E-state index contributed by atoms with van der Waals surface area (Å²) in [4.78, 5) is 42.0. The first-order valence-electron chi connectivity index (χ1n) is 11.7. The van der Waals surface area contributed by atoms with Crippen molar-refractivity contribution < 1.29 is 14.4 Å². The van der Waals surface area contributed by atoms with E-state index in [0.29, 0.717) is 22.4 Å². The molecule has 11 heteroatoms. The van der Waals surface area contributed by atoms with Gasteiger partial charge in [0.15, 0.2) is 11.5 Å². The molecule has 3 aliphatic rings. The molecule has 1 aromatic carbocycles. The molecule has 34 heavy (non-hydrogen) atoms. The second kappa shape index (κ2) is 10.9. The van der Waals surface area contributed by atoms with Gasteiger partial charge in [0, 0.05) is 25.0 Å². The summed E-state index contributed by atoms with van der Waals surface area (Å²) in [6.45, 7) is 4.14. The lowest BCUT2D eigenvalue weighted by molar-refractivity contribution is -0.155. The zero-order valence-electron chi connectivity index (χ0n) is 19.4. The number of halogens is 1. The molecule has 3 atom stereocenters. The van der Waals surface area contributed by atoms with Crippen LogP contribution in [0.2, 0.25) is 5.02 Å². The number of fused-ring (bicyclic) bond motifs is 3. The highest BCUT2D eigenvalue weighted by atomic mass is 35.5. The number of carbonyl (C=O) groups is 3. The molecule has 3 N–H and O–H groups in total. The molecule has 2 heterocycles. The summed E-state index contributed by atoms with van der Waals surface area (Å²) in [5.74, 6) is -0.143. The van der Waals surface area contributed by atoms with E-state index in [1.807, 2.05) is 26.0 Å². The lowest BCUT2D eigenvalue weighted by atomic mass is 9.81. The summed E-state index contributed by atoms with van der Waals surface area (Å²) in [6, 6.07) is 7.20. The third kappa shape index (κ3) is 5.43. The molecule has 184 valence electrons. The van der Waals surface area contributed by atoms with Crippen LogP contribution in [0.1, 0.15) is 46.0 Å². The van der Waals surface area contributed by atoms with E-state index in [0.717, 1.165) is 25.7 Å². The molecule has 0 radical (unpaired) electrons. The van der Waals surface area contributed by atoms with Gasteiger partial charge >= 0.3 is 0 Å². The molecule has 4 rings (SSSR count). The minimum absolute atomic E-state index is 0.0415. The van der Waals surface area contributed by atoms with Gasteiger partial charge in [0.2, 0.25) is 17.7 Å². The van der Waals surface area contributed by atoms with Gasteiger partial charge < -0.3 is 20.4 Å². The molecule has 3 unspecified atom stereocenters. The lowest BCUT2D eigenvalue weighted by Gasteiger charge is -2.50. The number of nitrogens with one attached hydrogen (secondary N) is 3. The quantitative estimate of drug-likeness (QED) is 0.525. The van der Waals surface area contributed by atoms with Crippen LogP contribution in [0.25, 0.3) is 0 Å². The Bertz CT molecular complexity index is 974. The molecule has 3 amide bonds. The standard InChI is InChI=1S/C23H31ClN6O3S/c1-14(2)25-19(31)11-12-29-21(33)15-7-3-6-10-18(15)30-22(29)27-28-23(30)34-13-20(32)26-17-9-5-4-8-16(17)24/h4-5,8-9,14-15,18,22,27H,3,6-7,10-13H2,1-2H3,(H,25,31)(H,26,32). The SMILES string of the molecule is CC(C)NC(=O)CCN1C(=O)C2CCCCC2N2C(SCC(=O)Nc3ccccc3Cl)=NNC12. The number of hydrazone groups is 1. The van der Waals surface area contributed by atoms with Gasteiger partial charge in [-0.25, -0.2) is 0 Å².